The van der Waals surface area contributed by atoms with Crippen LogP contribution in [0, 0.1) is 6.92 Å². The van der Waals surface area contributed by atoms with Gasteiger partial charge in [-0.1, -0.05) is 12.1 Å². The van der Waals surface area contributed by atoms with E-state index in [9.17, 15) is 14.7 Å². The summed E-state index contributed by atoms with van der Waals surface area (Å²) >= 11 is 0. The topological polar surface area (TPSA) is 97.8 Å². The molecular formula is C24H31N5O3. The lowest BCUT2D eigenvalue weighted by Crippen LogP contribution is -2.48. The van der Waals surface area contributed by atoms with Crippen LogP contribution >= 0.6 is 0 Å². The molecule has 2 aromatic rings. The number of carbonyl (C=O) groups is 2. The third-order valence-corrected chi connectivity index (χ3v) is 6.52. The van der Waals surface area contributed by atoms with Gasteiger partial charge in [0.15, 0.2) is 0 Å². The number of carbonyl (C=O) groups excluding carboxylic acids is 2. The number of nitrogens with one attached hydrogen (secondary N) is 2. The maximum absolute atomic E-state index is 12.5. The SMILES string of the molecule is CCN1C(=O)c2ccc(CN3CCC(c4ccc(C(=O)NC)nc4C)CC3)cc2NC1O. The van der Waals surface area contributed by atoms with Crippen molar-refractivity contribution in [3.05, 3.63) is 58.4 Å². The minimum atomic E-state index is -0.988. The normalized spacial score (nSPS) is 19.4. The molecule has 0 aliphatic carbocycles. The Bertz CT molecular complexity index is 1020. The molecule has 4 rings (SSSR count). The van der Waals surface area contributed by atoms with Crippen LogP contribution in [0.2, 0.25) is 0 Å². The van der Waals surface area contributed by atoms with Crippen molar-refractivity contribution >= 4 is 17.5 Å². The van der Waals surface area contributed by atoms with Crippen molar-refractivity contribution in [1.82, 2.24) is 20.1 Å². The van der Waals surface area contributed by atoms with Crippen LogP contribution < -0.4 is 10.6 Å². The summed E-state index contributed by atoms with van der Waals surface area (Å²) in [6.07, 6.45) is 1.08. The minimum Gasteiger partial charge on any atom is -0.356 e. The van der Waals surface area contributed by atoms with E-state index in [0.29, 0.717) is 29.4 Å². The number of aromatic nitrogens is 1. The summed E-state index contributed by atoms with van der Waals surface area (Å²) in [5.74, 6) is 0.133. The first-order chi connectivity index (χ1) is 15.4. The van der Waals surface area contributed by atoms with Crippen molar-refractivity contribution in [2.45, 2.75) is 45.5 Å². The molecule has 2 aliphatic rings. The minimum absolute atomic E-state index is 0.146. The van der Waals surface area contributed by atoms with E-state index in [-0.39, 0.29) is 11.8 Å². The van der Waals surface area contributed by atoms with E-state index in [2.05, 4.69) is 20.5 Å². The lowest BCUT2D eigenvalue weighted by atomic mass is 9.88. The number of rotatable bonds is 5. The predicted octanol–water partition coefficient (Wildman–Crippen LogP) is 2.29. The highest BCUT2D eigenvalue weighted by Crippen LogP contribution is 2.31. The molecule has 32 heavy (non-hydrogen) atoms. The van der Waals surface area contributed by atoms with Crippen molar-refractivity contribution in [1.29, 1.82) is 0 Å². The number of piperidine rings is 1. The van der Waals surface area contributed by atoms with Gasteiger partial charge in [-0.15, -0.1) is 0 Å². The zero-order valence-corrected chi connectivity index (χ0v) is 18.9. The summed E-state index contributed by atoms with van der Waals surface area (Å²) in [4.78, 5) is 32.6. The molecule has 2 amide bonds. The Morgan fingerprint density at radius 3 is 2.66 bits per heavy atom. The van der Waals surface area contributed by atoms with Crippen molar-refractivity contribution in [3.8, 4) is 0 Å². The molecule has 0 radical (unpaired) electrons. The Hall–Kier alpha value is -2.97. The third kappa shape index (κ3) is 4.33. The van der Waals surface area contributed by atoms with E-state index < -0.39 is 6.35 Å². The molecule has 1 atom stereocenters. The average Bonchev–Trinajstić information content (AvgIpc) is 2.79. The van der Waals surface area contributed by atoms with Gasteiger partial charge in [0.2, 0.25) is 6.35 Å². The first kappa shape index (κ1) is 22.2. The fraction of sp³-hybridized carbons (Fsp3) is 0.458. The summed E-state index contributed by atoms with van der Waals surface area (Å²) in [6, 6.07) is 9.68. The summed E-state index contributed by atoms with van der Waals surface area (Å²) in [5, 5.41) is 15.8. The highest BCUT2D eigenvalue weighted by atomic mass is 16.3. The number of aliphatic hydroxyl groups is 1. The van der Waals surface area contributed by atoms with Crippen molar-refractivity contribution in [2.24, 2.45) is 0 Å². The number of nitrogens with zero attached hydrogens (tertiary/aromatic N) is 3. The number of pyridine rings is 1. The monoisotopic (exact) mass is 437 g/mol. The van der Waals surface area contributed by atoms with Gasteiger partial charge in [-0.05, 0) is 75.0 Å². The molecule has 0 bridgehead atoms. The molecule has 8 heteroatoms. The second-order valence-corrected chi connectivity index (χ2v) is 8.49. The van der Waals surface area contributed by atoms with E-state index in [4.69, 9.17) is 0 Å². The van der Waals surface area contributed by atoms with E-state index in [1.165, 1.54) is 10.5 Å². The highest BCUT2D eigenvalue weighted by Gasteiger charge is 2.30. The van der Waals surface area contributed by atoms with Gasteiger partial charge >= 0.3 is 0 Å². The molecule has 1 unspecified atom stereocenters. The highest BCUT2D eigenvalue weighted by molar-refractivity contribution is 6.01. The lowest BCUT2D eigenvalue weighted by Gasteiger charge is -2.35. The van der Waals surface area contributed by atoms with Crippen molar-refractivity contribution in [2.75, 3.05) is 32.0 Å². The molecule has 8 nitrogen and oxygen atoms in total. The quantitative estimate of drug-likeness (QED) is 0.664. The Morgan fingerprint density at radius 1 is 1.25 bits per heavy atom. The van der Waals surface area contributed by atoms with Gasteiger partial charge in [-0.3, -0.25) is 19.4 Å². The molecule has 1 saturated heterocycles. The molecule has 170 valence electrons. The lowest BCUT2D eigenvalue weighted by molar-refractivity contribution is 0.0210. The molecular weight excluding hydrogens is 406 g/mol. The first-order valence-corrected chi connectivity index (χ1v) is 11.2. The number of aryl methyl sites for hydroxylation is 1. The summed E-state index contributed by atoms with van der Waals surface area (Å²) in [7, 11) is 1.61. The summed E-state index contributed by atoms with van der Waals surface area (Å²) < 4.78 is 0. The number of amides is 2. The van der Waals surface area contributed by atoms with Gasteiger partial charge in [0.05, 0.1) is 11.3 Å². The second-order valence-electron chi connectivity index (χ2n) is 8.49. The van der Waals surface area contributed by atoms with Gasteiger partial charge in [-0.2, -0.15) is 0 Å². The van der Waals surface area contributed by atoms with E-state index >= 15 is 0 Å². The van der Waals surface area contributed by atoms with Crippen LogP contribution in [0.3, 0.4) is 0 Å². The fourth-order valence-electron chi connectivity index (χ4n) is 4.71. The summed E-state index contributed by atoms with van der Waals surface area (Å²) in [6.45, 7) is 7.01. The number of hydrogen-bond acceptors (Lipinski definition) is 6. The molecule has 1 aromatic heterocycles. The maximum atomic E-state index is 12.5. The standard InChI is InChI=1S/C24H31N5O3/c1-4-29-23(31)19-6-5-16(13-21(19)27-24(29)32)14-28-11-9-17(10-12-28)18-7-8-20(22(30)25-3)26-15(18)2/h5-8,13,17,24,27,32H,4,9-12,14H2,1-3H3,(H,25,30). The molecule has 3 N–H and O–H groups in total. The van der Waals surface area contributed by atoms with Crippen LogP contribution in [-0.2, 0) is 6.54 Å². The first-order valence-electron chi connectivity index (χ1n) is 11.2. The van der Waals surface area contributed by atoms with Crippen molar-refractivity contribution in [3.63, 3.8) is 0 Å². The predicted molar refractivity (Wildman–Crippen MR) is 122 cm³/mol. The van der Waals surface area contributed by atoms with Crippen LogP contribution in [0.1, 0.15) is 63.4 Å². The molecule has 1 aromatic carbocycles. The fourth-order valence-corrected chi connectivity index (χ4v) is 4.71. The van der Waals surface area contributed by atoms with Crippen LogP contribution in [-0.4, -0.2) is 64.7 Å². The Labute approximate surface area is 188 Å². The van der Waals surface area contributed by atoms with Gasteiger partial charge in [0.25, 0.3) is 11.8 Å². The van der Waals surface area contributed by atoms with Gasteiger partial charge in [0, 0.05) is 25.8 Å². The molecule has 0 spiro atoms. The van der Waals surface area contributed by atoms with Gasteiger partial charge in [-0.25, -0.2) is 4.98 Å². The third-order valence-electron chi connectivity index (χ3n) is 6.52. The Morgan fingerprint density at radius 2 is 2.00 bits per heavy atom. The number of anilines is 1. The Balaban J connectivity index is 1.38. The van der Waals surface area contributed by atoms with E-state index in [1.807, 2.05) is 44.2 Å². The molecule has 0 saturated carbocycles. The number of benzene rings is 1. The zero-order chi connectivity index (χ0) is 22.8. The Kier molecular flexibility index (Phi) is 6.43. The van der Waals surface area contributed by atoms with Gasteiger partial charge < -0.3 is 15.7 Å². The summed E-state index contributed by atoms with van der Waals surface area (Å²) in [5.41, 5.74) is 5.02. The molecule has 3 heterocycles. The van der Waals surface area contributed by atoms with Crippen molar-refractivity contribution < 1.29 is 14.7 Å². The van der Waals surface area contributed by atoms with Crippen LogP contribution in [0.5, 0.6) is 0 Å². The number of hydrogen-bond donors (Lipinski definition) is 3. The molecule has 1 fully saturated rings. The van der Waals surface area contributed by atoms with Crippen LogP contribution in [0.4, 0.5) is 5.69 Å². The maximum Gasteiger partial charge on any atom is 0.269 e. The van der Waals surface area contributed by atoms with Crippen LogP contribution in [0.15, 0.2) is 30.3 Å². The number of aliphatic hydroxyl groups excluding tert-OH is 1. The largest absolute Gasteiger partial charge is 0.356 e. The van der Waals surface area contributed by atoms with E-state index in [1.54, 1.807) is 7.05 Å². The van der Waals surface area contributed by atoms with Crippen LogP contribution in [0.25, 0.3) is 0 Å². The number of likely N-dealkylation sites (tertiary alicyclic amines) is 1. The zero-order valence-electron chi connectivity index (χ0n) is 18.9. The van der Waals surface area contributed by atoms with E-state index in [0.717, 1.165) is 43.7 Å². The smallest absolute Gasteiger partial charge is 0.269 e. The number of fused-ring (bicyclic) bond motifs is 1. The molecule has 2 aliphatic heterocycles. The average molecular weight is 438 g/mol. The second kappa shape index (κ2) is 9.26. The van der Waals surface area contributed by atoms with Gasteiger partial charge in [0.1, 0.15) is 5.69 Å².